The molecular weight excluding hydrogens is 320 g/mol. The first-order chi connectivity index (χ1) is 11.9. The standard InChI is InChI=1S/C17H24N6O2/c1-11-9-16(22(4)20-11)23-8-7-14(17(23)25)19-15(24)6-5-13-10-18-21(3)12(13)2/h9-10,14H,5-8H2,1-4H3,(H,19,24)/t14-/m1/s1. The molecule has 2 aromatic heterocycles. The van der Waals surface area contributed by atoms with E-state index in [2.05, 4.69) is 15.5 Å². The summed E-state index contributed by atoms with van der Waals surface area (Å²) in [6, 6.07) is 1.42. The van der Waals surface area contributed by atoms with E-state index in [9.17, 15) is 9.59 Å². The molecule has 25 heavy (non-hydrogen) atoms. The summed E-state index contributed by atoms with van der Waals surface area (Å²) < 4.78 is 3.49. The zero-order valence-electron chi connectivity index (χ0n) is 15.1. The summed E-state index contributed by atoms with van der Waals surface area (Å²) in [5.74, 6) is 0.587. The van der Waals surface area contributed by atoms with Crippen LogP contribution in [-0.4, -0.2) is 44.0 Å². The molecule has 0 spiro atoms. The fourth-order valence-electron chi connectivity index (χ4n) is 3.20. The van der Waals surface area contributed by atoms with Crippen LogP contribution in [0.4, 0.5) is 5.82 Å². The maximum Gasteiger partial charge on any atom is 0.250 e. The van der Waals surface area contributed by atoms with Gasteiger partial charge in [-0.15, -0.1) is 0 Å². The van der Waals surface area contributed by atoms with Crippen molar-refractivity contribution in [3.05, 3.63) is 29.2 Å². The molecule has 0 aromatic carbocycles. The summed E-state index contributed by atoms with van der Waals surface area (Å²) in [7, 11) is 3.70. The second-order valence-corrected chi connectivity index (χ2v) is 6.55. The average molecular weight is 344 g/mol. The summed E-state index contributed by atoms with van der Waals surface area (Å²) in [4.78, 5) is 26.5. The predicted molar refractivity (Wildman–Crippen MR) is 93.1 cm³/mol. The number of hydrogen-bond donors (Lipinski definition) is 1. The average Bonchev–Trinajstić information content (AvgIpc) is 3.18. The van der Waals surface area contributed by atoms with E-state index in [0.717, 1.165) is 22.8 Å². The van der Waals surface area contributed by atoms with Crippen molar-refractivity contribution < 1.29 is 9.59 Å². The molecule has 0 bridgehead atoms. The number of carbonyl (C=O) groups excluding carboxylic acids is 2. The van der Waals surface area contributed by atoms with Crippen molar-refractivity contribution in [1.82, 2.24) is 24.9 Å². The molecular formula is C17H24N6O2. The van der Waals surface area contributed by atoms with E-state index in [0.29, 0.717) is 25.8 Å². The molecule has 0 unspecified atom stereocenters. The monoisotopic (exact) mass is 344 g/mol. The lowest BCUT2D eigenvalue weighted by Crippen LogP contribution is -2.42. The van der Waals surface area contributed by atoms with Gasteiger partial charge in [0.15, 0.2) is 0 Å². The summed E-state index contributed by atoms with van der Waals surface area (Å²) >= 11 is 0. The van der Waals surface area contributed by atoms with Gasteiger partial charge in [0.25, 0.3) is 5.91 Å². The van der Waals surface area contributed by atoms with Gasteiger partial charge in [-0.1, -0.05) is 0 Å². The lowest BCUT2D eigenvalue weighted by atomic mass is 10.1. The molecule has 2 amide bonds. The third kappa shape index (κ3) is 3.42. The Morgan fingerprint density at radius 1 is 1.32 bits per heavy atom. The fraction of sp³-hybridized carbons (Fsp3) is 0.529. The van der Waals surface area contributed by atoms with Gasteiger partial charge in [0.1, 0.15) is 11.9 Å². The number of aromatic nitrogens is 4. The first-order valence-electron chi connectivity index (χ1n) is 8.45. The Morgan fingerprint density at radius 2 is 2.08 bits per heavy atom. The van der Waals surface area contributed by atoms with Crippen LogP contribution in [0.5, 0.6) is 0 Å². The zero-order valence-corrected chi connectivity index (χ0v) is 15.1. The van der Waals surface area contributed by atoms with E-state index < -0.39 is 6.04 Å². The molecule has 1 N–H and O–H groups in total. The second-order valence-electron chi connectivity index (χ2n) is 6.55. The van der Waals surface area contributed by atoms with Crippen LogP contribution >= 0.6 is 0 Å². The molecule has 1 fully saturated rings. The van der Waals surface area contributed by atoms with Crippen molar-refractivity contribution in [2.45, 2.75) is 39.2 Å². The minimum Gasteiger partial charge on any atom is -0.344 e. The van der Waals surface area contributed by atoms with Gasteiger partial charge in [-0.25, -0.2) is 0 Å². The van der Waals surface area contributed by atoms with Crippen LogP contribution < -0.4 is 10.2 Å². The maximum absolute atomic E-state index is 12.6. The van der Waals surface area contributed by atoms with Crippen LogP contribution in [0.2, 0.25) is 0 Å². The SMILES string of the molecule is Cc1cc(N2CC[C@@H](NC(=O)CCc3cnn(C)c3C)C2=O)n(C)n1. The van der Waals surface area contributed by atoms with Gasteiger partial charge in [0, 0.05) is 38.8 Å². The topological polar surface area (TPSA) is 85.0 Å². The highest BCUT2D eigenvalue weighted by atomic mass is 16.2. The van der Waals surface area contributed by atoms with Crippen LogP contribution in [0.15, 0.2) is 12.3 Å². The van der Waals surface area contributed by atoms with E-state index in [1.165, 1.54) is 0 Å². The van der Waals surface area contributed by atoms with E-state index >= 15 is 0 Å². The Kier molecular flexibility index (Phi) is 4.61. The van der Waals surface area contributed by atoms with Crippen LogP contribution in [0, 0.1) is 13.8 Å². The zero-order chi connectivity index (χ0) is 18.1. The van der Waals surface area contributed by atoms with Crippen LogP contribution in [0.25, 0.3) is 0 Å². The molecule has 134 valence electrons. The molecule has 8 heteroatoms. The normalized spacial score (nSPS) is 17.4. The molecule has 1 aliphatic heterocycles. The lowest BCUT2D eigenvalue weighted by molar-refractivity contribution is -0.126. The predicted octanol–water partition coefficient (Wildman–Crippen LogP) is 0.625. The van der Waals surface area contributed by atoms with Crippen molar-refractivity contribution in [3.8, 4) is 0 Å². The van der Waals surface area contributed by atoms with Gasteiger partial charge in [0.2, 0.25) is 5.91 Å². The molecule has 3 heterocycles. The molecule has 0 radical (unpaired) electrons. The minimum atomic E-state index is -0.460. The first kappa shape index (κ1) is 17.2. The molecule has 1 aliphatic rings. The van der Waals surface area contributed by atoms with E-state index in [4.69, 9.17) is 0 Å². The number of hydrogen-bond acceptors (Lipinski definition) is 4. The Labute approximate surface area is 146 Å². The third-order valence-electron chi connectivity index (χ3n) is 4.75. The number of amides is 2. The Bertz CT molecular complexity index is 806. The van der Waals surface area contributed by atoms with Crippen molar-refractivity contribution in [2.24, 2.45) is 14.1 Å². The number of carbonyl (C=O) groups is 2. The van der Waals surface area contributed by atoms with Crippen molar-refractivity contribution >= 4 is 17.6 Å². The van der Waals surface area contributed by atoms with Crippen LogP contribution in [0.1, 0.15) is 29.8 Å². The van der Waals surface area contributed by atoms with Gasteiger partial charge < -0.3 is 5.32 Å². The first-order valence-corrected chi connectivity index (χ1v) is 8.45. The lowest BCUT2D eigenvalue weighted by Gasteiger charge is -2.17. The fourth-order valence-corrected chi connectivity index (χ4v) is 3.20. The third-order valence-corrected chi connectivity index (χ3v) is 4.75. The number of rotatable bonds is 5. The summed E-state index contributed by atoms with van der Waals surface area (Å²) in [5, 5.41) is 11.3. The smallest absolute Gasteiger partial charge is 0.250 e. The molecule has 1 saturated heterocycles. The van der Waals surface area contributed by atoms with Gasteiger partial charge in [0.05, 0.1) is 11.9 Å². The maximum atomic E-state index is 12.6. The highest BCUT2D eigenvalue weighted by Gasteiger charge is 2.34. The summed E-state index contributed by atoms with van der Waals surface area (Å²) in [5.41, 5.74) is 2.98. The highest BCUT2D eigenvalue weighted by molar-refractivity contribution is 6.00. The van der Waals surface area contributed by atoms with Crippen LogP contribution in [0.3, 0.4) is 0 Å². The number of nitrogens with one attached hydrogen (secondary N) is 1. The Morgan fingerprint density at radius 3 is 2.68 bits per heavy atom. The highest BCUT2D eigenvalue weighted by Crippen LogP contribution is 2.22. The largest absolute Gasteiger partial charge is 0.344 e. The van der Waals surface area contributed by atoms with Gasteiger partial charge in [-0.3, -0.25) is 23.9 Å². The summed E-state index contributed by atoms with van der Waals surface area (Å²) in [6.45, 7) is 4.46. The molecule has 3 rings (SSSR count). The van der Waals surface area contributed by atoms with Gasteiger partial charge >= 0.3 is 0 Å². The molecule has 1 atom stereocenters. The molecule has 8 nitrogen and oxygen atoms in total. The van der Waals surface area contributed by atoms with Crippen LogP contribution in [-0.2, 0) is 30.1 Å². The quantitative estimate of drug-likeness (QED) is 0.862. The minimum absolute atomic E-state index is 0.0751. The van der Waals surface area contributed by atoms with Gasteiger partial charge in [-0.2, -0.15) is 10.2 Å². The molecule has 0 aliphatic carbocycles. The van der Waals surface area contributed by atoms with Gasteiger partial charge in [-0.05, 0) is 32.3 Å². The van der Waals surface area contributed by atoms with Crippen molar-refractivity contribution in [3.63, 3.8) is 0 Å². The van der Waals surface area contributed by atoms with E-state index in [1.54, 1.807) is 20.5 Å². The van der Waals surface area contributed by atoms with Crippen molar-refractivity contribution in [1.29, 1.82) is 0 Å². The molecule has 2 aromatic rings. The van der Waals surface area contributed by atoms with E-state index in [-0.39, 0.29) is 11.8 Å². The Hall–Kier alpha value is -2.64. The second kappa shape index (κ2) is 6.70. The summed E-state index contributed by atoms with van der Waals surface area (Å²) in [6.07, 6.45) is 3.37. The number of nitrogens with zero attached hydrogens (tertiary/aromatic N) is 5. The number of aryl methyl sites for hydroxylation is 4. The van der Waals surface area contributed by atoms with Crippen molar-refractivity contribution in [2.75, 3.05) is 11.4 Å². The van der Waals surface area contributed by atoms with E-state index in [1.807, 2.05) is 34.0 Å². The molecule has 0 saturated carbocycles. The number of anilines is 1. The Balaban J connectivity index is 1.56.